The number of nitrogens with one attached hydrogen (secondary N) is 1. The summed E-state index contributed by atoms with van der Waals surface area (Å²) in [7, 11) is 1.28. The smallest absolute Gasteiger partial charge is 0.372 e. The summed E-state index contributed by atoms with van der Waals surface area (Å²) < 4.78 is 41.7. The molecule has 1 rings (SSSR count). The maximum Gasteiger partial charge on any atom is 0.411 e. The second-order valence-electron chi connectivity index (χ2n) is 3.45. The van der Waals surface area contributed by atoms with Gasteiger partial charge in [0.1, 0.15) is 11.6 Å². The van der Waals surface area contributed by atoms with Crippen LogP contribution in [0.2, 0.25) is 0 Å². The molecule has 14 heavy (non-hydrogen) atoms. The summed E-state index contributed by atoms with van der Waals surface area (Å²) in [5.74, 6) is -0.720. The van der Waals surface area contributed by atoms with Gasteiger partial charge in [-0.25, -0.2) is 0 Å². The summed E-state index contributed by atoms with van der Waals surface area (Å²) in [5, 5.41) is 1.97. The van der Waals surface area contributed by atoms with Crippen molar-refractivity contribution in [2.24, 2.45) is 0 Å². The van der Waals surface area contributed by atoms with Crippen molar-refractivity contribution in [3.63, 3.8) is 0 Å². The Bertz CT molecular complexity index is 235. The first-order valence-corrected chi connectivity index (χ1v) is 4.24. The van der Waals surface area contributed by atoms with Crippen molar-refractivity contribution in [3.05, 3.63) is 0 Å². The normalized spacial score (nSPS) is 21.5. The minimum Gasteiger partial charge on any atom is -0.372 e. The highest BCUT2D eigenvalue weighted by molar-refractivity contribution is 5.81. The Labute approximate surface area is 79.6 Å². The number of carbonyl (C=O) groups is 1. The Balaban J connectivity index is 2.57. The third-order valence-electron chi connectivity index (χ3n) is 2.38. The van der Waals surface area contributed by atoms with Gasteiger partial charge in [0.25, 0.3) is 0 Å². The number of hydrogen-bond acceptors (Lipinski definition) is 2. The van der Waals surface area contributed by atoms with Crippen LogP contribution < -0.4 is 5.32 Å². The van der Waals surface area contributed by atoms with Gasteiger partial charge in [-0.3, -0.25) is 4.79 Å². The number of halogens is 3. The van der Waals surface area contributed by atoms with Crippen molar-refractivity contribution in [1.29, 1.82) is 0 Å². The second-order valence-corrected chi connectivity index (χ2v) is 3.45. The van der Waals surface area contributed by atoms with Crippen LogP contribution in [-0.2, 0) is 9.53 Å². The van der Waals surface area contributed by atoms with Crippen molar-refractivity contribution in [3.8, 4) is 0 Å². The zero-order valence-electron chi connectivity index (χ0n) is 7.94. The predicted molar refractivity (Wildman–Crippen MR) is 42.6 cm³/mol. The second kappa shape index (κ2) is 3.42. The van der Waals surface area contributed by atoms with Gasteiger partial charge in [0.2, 0.25) is 5.91 Å². The minimum absolute atomic E-state index is 0.0430. The van der Waals surface area contributed by atoms with Crippen molar-refractivity contribution in [2.45, 2.75) is 37.6 Å². The number of ether oxygens (including phenoxy) is 1. The molecule has 0 aromatic rings. The molecule has 6 heteroatoms. The molecule has 0 aromatic carbocycles. The van der Waals surface area contributed by atoms with Crippen LogP contribution in [0.3, 0.4) is 0 Å². The lowest BCUT2D eigenvalue weighted by molar-refractivity contribution is -0.172. The van der Waals surface area contributed by atoms with E-state index in [9.17, 15) is 18.0 Å². The van der Waals surface area contributed by atoms with Crippen LogP contribution in [0.1, 0.15) is 19.8 Å². The van der Waals surface area contributed by atoms with E-state index in [1.165, 1.54) is 14.0 Å². The quantitative estimate of drug-likeness (QED) is 0.762. The van der Waals surface area contributed by atoms with Gasteiger partial charge >= 0.3 is 6.18 Å². The van der Waals surface area contributed by atoms with Crippen molar-refractivity contribution in [1.82, 2.24) is 5.32 Å². The molecule has 1 aliphatic rings. The highest BCUT2D eigenvalue weighted by atomic mass is 19.4. The summed E-state index contributed by atoms with van der Waals surface area (Å²) in [5.41, 5.74) is -1.99. The van der Waals surface area contributed by atoms with E-state index in [-0.39, 0.29) is 12.8 Å². The van der Waals surface area contributed by atoms with E-state index < -0.39 is 23.7 Å². The van der Waals surface area contributed by atoms with Crippen LogP contribution in [0.5, 0.6) is 0 Å². The van der Waals surface area contributed by atoms with Crippen LogP contribution in [0, 0.1) is 0 Å². The van der Waals surface area contributed by atoms with Crippen LogP contribution in [0.25, 0.3) is 0 Å². The molecule has 0 aliphatic heterocycles. The molecule has 1 saturated carbocycles. The highest BCUT2D eigenvalue weighted by Gasteiger charge is 2.64. The number of carbonyl (C=O) groups excluding carboxylic acids is 1. The molecule has 1 amide bonds. The Kier molecular flexibility index (Phi) is 2.76. The molecule has 0 heterocycles. The lowest BCUT2D eigenvalue weighted by Crippen LogP contribution is -2.50. The first-order chi connectivity index (χ1) is 6.32. The zero-order valence-corrected chi connectivity index (χ0v) is 7.94. The molecule has 0 saturated heterocycles. The fourth-order valence-corrected chi connectivity index (χ4v) is 1.05. The molecule has 0 radical (unpaired) electrons. The molecule has 3 nitrogen and oxygen atoms in total. The third kappa shape index (κ3) is 2.00. The van der Waals surface area contributed by atoms with Crippen molar-refractivity contribution in [2.75, 3.05) is 7.11 Å². The number of alkyl halides is 3. The zero-order chi connectivity index (χ0) is 11.0. The molecule has 1 aliphatic carbocycles. The van der Waals surface area contributed by atoms with E-state index in [0.29, 0.717) is 0 Å². The molecule has 1 atom stereocenters. The summed E-state index contributed by atoms with van der Waals surface area (Å²) in [6, 6.07) is 0. The lowest BCUT2D eigenvalue weighted by Gasteiger charge is -2.22. The van der Waals surface area contributed by atoms with Gasteiger partial charge in [-0.15, -0.1) is 0 Å². The maximum absolute atomic E-state index is 12.4. The van der Waals surface area contributed by atoms with E-state index in [0.717, 1.165) is 0 Å². The van der Waals surface area contributed by atoms with Gasteiger partial charge in [-0.05, 0) is 19.8 Å². The summed E-state index contributed by atoms with van der Waals surface area (Å²) in [6.45, 7) is 1.40. The van der Waals surface area contributed by atoms with E-state index in [4.69, 9.17) is 0 Å². The Morgan fingerprint density at radius 1 is 1.50 bits per heavy atom. The third-order valence-corrected chi connectivity index (χ3v) is 2.38. The minimum atomic E-state index is -4.36. The standard InChI is InChI=1S/C8H12F3NO2/c1-5(14-2)6(13)12-7(3-4-7)8(9,10)11/h5H,3-4H2,1-2H3,(H,12,13). The van der Waals surface area contributed by atoms with E-state index >= 15 is 0 Å². The fraction of sp³-hybridized carbons (Fsp3) is 0.875. The largest absolute Gasteiger partial charge is 0.411 e. The molecule has 82 valence electrons. The van der Waals surface area contributed by atoms with E-state index in [1.54, 1.807) is 0 Å². The SMILES string of the molecule is COC(C)C(=O)NC1(C(F)(F)F)CC1. The topological polar surface area (TPSA) is 38.3 Å². The fourth-order valence-electron chi connectivity index (χ4n) is 1.05. The summed E-state index contributed by atoms with van der Waals surface area (Å²) in [4.78, 5) is 11.1. The number of methoxy groups -OCH3 is 1. The van der Waals surface area contributed by atoms with Gasteiger partial charge in [-0.2, -0.15) is 13.2 Å². The lowest BCUT2D eigenvalue weighted by atomic mass is 10.2. The van der Waals surface area contributed by atoms with Gasteiger partial charge in [0.05, 0.1) is 0 Å². The molecule has 1 N–H and O–H groups in total. The molecule has 1 unspecified atom stereocenters. The first kappa shape index (κ1) is 11.3. The number of amides is 1. The van der Waals surface area contributed by atoms with Crippen molar-refractivity contribution < 1.29 is 22.7 Å². The Hall–Kier alpha value is -0.780. The van der Waals surface area contributed by atoms with Crippen molar-refractivity contribution >= 4 is 5.91 Å². The average molecular weight is 211 g/mol. The molecule has 0 aromatic heterocycles. The summed E-state index contributed by atoms with van der Waals surface area (Å²) >= 11 is 0. The number of hydrogen-bond donors (Lipinski definition) is 1. The van der Waals surface area contributed by atoms with Crippen LogP contribution in [0.15, 0.2) is 0 Å². The predicted octanol–water partition coefficient (Wildman–Crippen LogP) is 1.23. The molecular formula is C8H12F3NO2. The van der Waals surface area contributed by atoms with E-state index in [1.807, 2.05) is 5.32 Å². The van der Waals surface area contributed by atoms with Gasteiger partial charge in [-0.1, -0.05) is 0 Å². The van der Waals surface area contributed by atoms with Crippen LogP contribution in [0.4, 0.5) is 13.2 Å². The average Bonchev–Trinajstić information content (AvgIpc) is 2.82. The highest BCUT2D eigenvalue weighted by Crippen LogP contribution is 2.48. The monoisotopic (exact) mass is 211 g/mol. The molecule has 0 spiro atoms. The first-order valence-electron chi connectivity index (χ1n) is 4.24. The van der Waals surface area contributed by atoms with Gasteiger partial charge in [0, 0.05) is 7.11 Å². The maximum atomic E-state index is 12.4. The number of rotatable bonds is 3. The van der Waals surface area contributed by atoms with E-state index in [2.05, 4.69) is 4.74 Å². The van der Waals surface area contributed by atoms with Crippen LogP contribution >= 0.6 is 0 Å². The molecule has 1 fully saturated rings. The van der Waals surface area contributed by atoms with Crippen LogP contribution in [-0.4, -0.2) is 30.8 Å². The summed E-state index contributed by atoms with van der Waals surface area (Å²) in [6.07, 6.45) is -5.30. The molecule has 0 bridgehead atoms. The Morgan fingerprint density at radius 3 is 2.29 bits per heavy atom. The Morgan fingerprint density at radius 2 is 2.00 bits per heavy atom. The van der Waals surface area contributed by atoms with Gasteiger partial charge in [0.15, 0.2) is 0 Å². The van der Waals surface area contributed by atoms with Gasteiger partial charge < -0.3 is 10.1 Å². The molecular weight excluding hydrogens is 199 g/mol.